The second kappa shape index (κ2) is 13.6. The number of hydrogen-bond donors (Lipinski definition) is 3. The van der Waals surface area contributed by atoms with Crippen molar-refractivity contribution in [2.24, 2.45) is 11.7 Å². The highest BCUT2D eigenvalue weighted by Gasteiger charge is 2.33. The van der Waals surface area contributed by atoms with Crippen LogP contribution in [0, 0.1) is 17.6 Å². The maximum Gasteiger partial charge on any atom is 0.344 e. The minimum Gasteiger partial charge on any atom is -0.480 e. The van der Waals surface area contributed by atoms with E-state index in [0.29, 0.717) is 36.5 Å². The van der Waals surface area contributed by atoms with E-state index in [-0.39, 0.29) is 36.7 Å². The summed E-state index contributed by atoms with van der Waals surface area (Å²) >= 11 is 0. The van der Waals surface area contributed by atoms with Crippen LogP contribution in [0.4, 0.5) is 8.78 Å². The number of carbonyl (C=O) groups is 3. The molecule has 4 rings (SSSR count). The van der Waals surface area contributed by atoms with Crippen LogP contribution in [0.3, 0.4) is 0 Å². The molecule has 0 saturated carbocycles. The number of likely N-dealkylation sites (tertiary alicyclic amines) is 1. The van der Waals surface area contributed by atoms with Gasteiger partial charge in [-0.1, -0.05) is 32.0 Å². The fourth-order valence-electron chi connectivity index (χ4n) is 4.89. The highest BCUT2D eigenvalue weighted by atomic mass is 19.1. The molecule has 1 aliphatic rings. The average molecular weight is 598 g/mol. The van der Waals surface area contributed by atoms with Gasteiger partial charge in [0.2, 0.25) is 0 Å². The second-order valence-electron chi connectivity index (χ2n) is 10.7. The molecule has 12 heteroatoms. The van der Waals surface area contributed by atoms with Gasteiger partial charge in [0.05, 0.1) is 0 Å². The molecule has 1 saturated heterocycles. The number of carbonyl (C=O) groups excluding carboxylic acids is 1. The summed E-state index contributed by atoms with van der Waals surface area (Å²) in [5.41, 5.74) is 7.84. The number of carboxylic acid groups (broad SMARTS) is 2. The first-order valence-electron chi connectivity index (χ1n) is 13.9. The first kappa shape index (κ1) is 31.4. The number of ether oxygens (including phenoxy) is 2. The third-order valence-corrected chi connectivity index (χ3v) is 6.99. The summed E-state index contributed by atoms with van der Waals surface area (Å²) in [5.74, 6) is -7.03. The summed E-state index contributed by atoms with van der Waals surface area (Å²) in [6.45, 7) is 4.03. The summed E-state index contributed by atoms with van der Waals surface area (Å²) in [6, 6.07) is 11.1. The van der Waals surface area contributed by atoms with Gasteiger partial charge >= 0.3 is 11.9 Å². The lowest BCUT2D eigenvalue weighted by Gasteiger charge is -2.33. The maximum absolute atomic E-state index is 14.9. The van der Waals surface area contributed by atoms with Crippen LogP contribution in [-0.4, -0.2) is 56.6 Å². The van der Waals surface area contributed by atoms with Crippen molar-refractivity contribution in [1.82, 2.24) is 9.88 Å². The number of amides is 1. The number of halogens is 2. The molecule has 0 spiro atoms. The van der Waals surface area contributed by atoms with Gasteiger partial charge in [0.15, 0.2) is 17.7 Å². The van der Waals surface area contributed by atoms with Gasteiger partial charge in [0.1, 0.15) is 11.8 Å². The Morgan fingerprint density at radius 1 is 1.02 bits per heavy atom. The molecule has 4 N–H and O–H groups in total. The molecule has 2 aromatic carbocycles. The van der Waals surface area contributed by atoms with E-state index in [4.69, 9.17) is 15.2 Å². The van der Waals surface area contributed by atoms with Crippen molar-refractivity contribution in [3.63, 3.8) is 0 Å². The van der Waals surface area contributed by atoms with Crippen LogP contribution in [0.5, 0.6) is 17.5 Å². The van der Waals surface area contributed by atoms with Crippen molar-refractivity contribution in [2.45, 2.75) is 58.2 Å². The van der Waals surface area contributed by atoms with Crippen molar-refractivity contribution in [3.8, 4) is 28.6 Å². The van der Waals surface area contributed by atoms with Gasteiger partial charge in [-0.15, -0.1) is 0 Å². The molecule has 0 radical (unpaired) electrons. The molecule has 43 heavy (non-hydrogen) atoms. The van der Waals surface area contributed by atoms with Crippen LogP contribution in [0.15, 0.2) is 48.5 Å². The molecular weight excluding hydrogens is 564 g/mol. The maximum atomic E-state index is 14.9. The first-order chi connectivity index (χ1) is 20.5. The van der Waals surface area contributed by atoms with Crippen molar-refractivity contribution in [3.05, 3.63) is 71.3 Å². The Morgan fingerprint density at radius 2 is 1.77 bits per heavy atom. The van der Waals surface area contributed by atoms with Gasteiger partial charge in [-0.3, -0.25) is 4.79 Å². The summed E-state index contributed by atoms with van der Waals surface area (Å²) in [7, 11) is 0. The van der Waals surface area contributed by atoms with E-state index in [1.807, 2.05) is 6.07 Å². The Balaban J connectivity index is 1.76. The van der Waals surface area contributed by atoms with Crippen LogP contribution < -0.4 is 15.2 Å². The fraction of sp³-hybridized carbons (Fsp3) is 0.355. The third-order valence-electron chi connectivity index (χ3n) is 6.99. The normalized spacial score (nSPS) is 15.7. The minimum atomic E-state index is -1.44. The Labute approximate surface area is 247 Å². The van der Waals surface area contributed by atoms with Crippen LogP contribution in [0.2, 0.25) is 0 Å². The smallest absolute Gasteiger partial charge is 0.344 e. The molecule has 0 aliphatic carbocycles. The van der Waals surface area contributed by atoms with Gasteiger partial charge in [-0.25, -0.2) is 18.4 Å². The Bertz CT molecular complexity index is 1510. The monoisotopic (exact) mass is 597 g/mol. The van der Waals surface area contributed by atoms with E-state index >= 15 is 0 Å². The molecule has 2 heterocycles. The highest BCUT2D eigenvalue weighted by Crippen LogP contribution is 2.33. The number of benzene rings is 2. The molecular formula is C31H33F2N3O7. The van der Waals surface area contributed by atoms with Gasteiger partial charge in [0.25, 0.3) is 17.7 Å². The van der Waals surface area contributed by atoms with Crippen molar-refractivity contribution >= 4 is 17.8 Å². The fourth-order valence-corrected chi connectivity index (χ4v) is 4.89. The van der Waals surface area contributed by atoms with Gasteiger partial charge in [0, 0.05) is 24.7 Å². The number of nitrogens with two attached hydrogens (primary N) is 1. The SMILES string of the molecule is CC(C)C[C@@H](Oc1nc(Oc2cc(C(=O)N3CCCCC3C(=O)O)cc(-c3cccc(CN)c3)c2)c(F)cc1F)C(=O)O. The van der Waals surface area contributed by atoms with Crippen LogP contribution in [0.25, 0.3) is 11.1 Å². The first-order valence-corrected chi connectivity index (χ1v) is 13.9. The predicted octanol–water partition coefficient (Wildman–Crippen LogP) is 5.24. The van der Waals surface area contributed by atoms with Gasteiger partial charge in [-0.05, 0) is 72.6 Å². The zero-order valence-corrected chi connectivity index (χ0v) is 23.8. The van der Waals surface area contributed by atoms with E-state index in [9.17, 15) is 33.4 Å². The van der Waals surface area contributed by atoms with E-state index < -0.39 is 53.4 Å². The largest absolute Gasteiger partial charge is 0.480 e. The number of aliphatic carboxylic acids is 2. The summed E-state index contributed by atoms with van der Waals surface area (Å²) in [4.78, 5) is 42.2. The van der Waals surface area contributed by atoms with Crippen molar-refractivity contribution < 1.29 is 42.9 Å². The molecule has 10 nitrogen and oxygen atoms in total. The molecule has 3 aromatic rings. The Hall–Kier alpha value is -4.58. The average Bonchev–Trinajstić information content (AvgIpc) is 2.98. The number of pyridine rings is 1. The number of carboxylic acids is 2. The molecule has 1 aromatic heterocycles. The summed E-state index contributed by atoms with van der Waals surface area (Å²) < 4.78 is 40.5. The van der Waals surface area contributed by atoms with E-state index in [1.54, 1.807) is 38.1 Å². The standard InChI is InChI=1S/C31H33F2N3O7/c1-17(2)10-26(31(40)41)43-28-24(33)15-23(32)27(35-28)42-22-13-20(19-7-5-6-18(11-19)16-34)12-21(14-22)29(37)36-9-4-3-8-25(36)30(38)39/h5-7,11-15,17,25-26H,3-4,8-10,16,34H2,1-2H3,(H,38,39)(H,40,41)/t25?,26-/m1/s1. The van der Waals surface area contributed by atoms with E-state index in [1.165, 1.54) is 17.0 Å². The van der Waals surface area contributed by atoms with Crippen LogP contribution in [-0.2, 0) is 16.1 Å². The topological polar surface area (TPSA) is 152 Å². The molecule has 0 bridgehead atoms. The Kier molecular flexibility index (Phi) is 9.92. The predicted molar refractivity (Wildman–Crippen MR) is 152 cm³/mol. The van der Waals surface area contributed by atoms with Crippen molar-refractivity contribution in [1.29, 1.82) is 0 Å². The van der Waals surface area contributed by atoms with Crippen LogP contribution >= 0.6 is 0 Å². The minimum absolute atomic E-state index is 0.0488. The van der Waals surface area contributed by atoms with E-state index in [2.05, 4.69) is 4.98 Å². The lowest BCUT2D eigenvalue weighted by Crippen LogP contribution is -2.48. The lowest BCUT2D eigenvalue weighted by atomic mass is 9.98. The van der Waals surface area contributed by atoms with Crippen LogP contribution in [0.1, 0.15) is 55.5 Å². The molecule has 228 valence electrons. The number of piperidine rings is 1. The molecule has 2 atom stereocenters. The highest BCUT2D eigenvalue weighted by molar-refractivity contribution is 5.98. The molecule has 1 amide bonds. The summed E-state index contributed by atoms with van der Waals surface area (Å²) in [6.07, 6.45) is 0.228. The van der Waals surface area contributed by atoms with Crippen molar-refractivity contribution in [2.75, 3.05) is 6.54 Å². The lowest BCUT2D eigenvalue weighted by molar-refractivity contribution is -0.146. The molecule has 1 unspecified atom stereocenters. The third kappa shape index (κ3) is 7.63. The molecule has 1 fully saturated rings. The number of hydrogen-bond acceptors (Lipinski definition) is 7. The molecule has 1 aliphatic heterocycles. The van der Waals surface area contributed by atoms with E-state index in [0.717, 1.165) is 5.56 Å². The number of aromatic nitrogens is 1. The van der Waals surface area contributed by atoms with Gasteiger partial charge in [-0.2, -0.15) is 4.98 Å². The number of nitrogens with zero attached hydrogens (tertiary/aromatic N) is 2. The zero-order valence-electron chi connectivity index (χ0n) is 23.8. The Morgan fingerprint density at radius 3 is 2.44 bits per heavy atom. The zero-order chi connectivity index (χ0) is 31.3. The quantitative estimate of drug-likeness (QED) is 0.270. The number of rotatable bonds is 11. The summed E-state index contributed by atoms with van der Waals surface area (Å²) in [5, 5.41) is 19.2. The second-order valence-corrected chi connectivity index (χ2v) is 10.7. The van der Waals surface area contributed by atoms with Gasteiger partial charge < -0.3 is 30.3 Å².